The lowest BCUT2D eigenvalue weighted by Gasteiger charge is -2.06. The molecular weight excluding hydrogens is 300 g/mol. The van der Waals surface area contributed by atoms with Crippen molar-refractivity contribution in [1.29, 1.82) is 0 Å². The predicted molar refractivity (Wildman–Crippen MR) is 95.6 cm³/mol. The number of para-hydroxylation sites is 1. The summed E-state index contributed by atoms with van der Waals surface area (Å²) in [6.45, 7) is 1.99. The molecule has 3 rings (SSSR count). The molecule has 0 radical (unpaired) electrons. The van der Waals surface area contributed by atoms with Gasteiger partial charge in [-0.25, -0.2) is 0 Å². The molecule has 0 aliphatic heterocycles. The van der Waals surface area contributed by atoms with E-state index in [1.54, 1.807) is 6.20 Å². The maximum atomic E-state index is 11.9. The zero-order valence-corrected chi connectivity index (χ0v) is 13.6. The molecule has 0 aliphatic rings. The standard InChI is InChI=1S/C19H22N4O/c24-19(9-11-20-14-16-5-3-4-10-21-16)22-12-8-15-13-23-18-7-2-1-6-17(15)18/h1-7,10,13,20,23H,8-9,11-12,14H2,(H,22,24). The molecule has 3 aromatic rings. The van der Waals surface area contributed by atoms with E-state index in [9.17, 15) is 4.79 Å². The van der Waals surface area contributed by atoms with Gasteiger partial charge in [-0.05, 0) is 30.2 Å². The number of aromatic nitrogens is 2. The van der Waals surface area contributed by atoms with Crippen molar-refractivity contribution < 1.29 is 4.79 Å². The number of rotatable bonds is 8. The van der Waals surface area contributed by atoms with Gasteiger partial charge in [0, 0.05) is 49.4 Å². The first-order valence-corrected chi connectivity index (χ1v) is 8.25. The summed E-state index contributed by atoms with van der Waals surface area (Å²) in [5.74, 6) is 0.0726. The van der Waals surface area contributed by atoms with Crippen LogP contribution >= 0.6 is 0 Å². The highest BCUT2D eigenvalue weighted by atomic mass is 16.1. The van der Waals surface area contributed by atoms with E-state index in [2.05, 4.69) is 32.7 Å². The minimum absolute atomic E-state index is 0.0726. The van der Waals surface area contributed by atoms with Gasteiger partial charge in [-0.1, -0.05) is 24.3 Å². The highest BCUT2D eigenvalue weighted by Crippen LogP contribution is 2.17. The molecule has 0 spiro atoms. The van der Waals surface area contributed by atoms with Gasteiger partial charge in [0.1, 0.15) is 0 Å². The fourth-order valence-corrected chi connectivity index (χ4v) is 2.68. The van der Waals surface area contributed by atoms with Crippen molar-refractivity contribution in [3.63, 3.8) is 0 Å². The van der Waals surface area contributed by atoms with Crippen molar-refractivity contribution in [3.05, 3.63) is 66.1 Å². The molecule has 0 saturated carbocycles. The molecule has 0 atom stereocenters. The van der Waals surface area contributed by atoms with Crippen LogP contribution in [0.25, 0.3) is 10.9 Å². The number of pyridine rings is 1. The van der Waals surface area contributed by atoms with Crippen molar-refractivity contribution in [2.45, 2.75) is 19.4 Å². The lowest BCUT2D eigenvalue weighted by atomic mass is 10.1. The SMILES string of the molecule is O=C(CCNCc1ccccn1)NCCc1c[nH]c2ccccc12. The second-order valence-electron chi connectivity index (χ2n) is 5.71. The number of nitrogens with one attached hydrogen (secondary N) is 3. The van der Waals surface area contributed by atoms with Crippen LogP contribution in [0.5, 0.6) is 0 Å². The van der Waals surface area contributed by atoms with Crippen molar-refractivity contribution in [2.24, 2.45) is 0 Å². The Bertz CT molecular complexity index is 782. The quantitative estimate of drug-likeness (QED) is 0.558. The summed E-state index contributed by atoms with van der Waals surface area (Å²) in [5, 5.41) is 7.43. The average molecular weight is 322 g/mol. The molecule has 1 aromatic carbocycles. The van der Waals surface area contributed by atoms with Gasteiger partial charge in [-0.3, -0.25) is 9.78 Å². The molecule has 0 aliphatic carbocycles. The van der Waals surface area contributed by atoms with Crippen LogP contribution in [0, 0.1) is 0 Å². The third kappa shape index (κ3) is 4.43. The predicted octanol–water partition coefficient (Wildman–Crippen LogP) is 2.40. The number of aromatic amines is 1. The Hall–Kier alpha value is -2.66. The van der Waals surface area contributed by atoms with Gasteiger partial charge in [0.05, 0.1) is 5.69 Å². The third-order valence-electron chi connectivity index (χ3n) is 3.95. The van der Waals surface area contributed by atoms with Crippen LogP contribution in [0.15, 0.2) is 54.9 Å². The number of hydrogen-bond donors (Lipinski definition) is 3. The van der Waals surface area contributed by atoms with Gasteiger partial charge in [0.2, 0.25) is 5.91 Å². The van der Waals surface area contributed by atoms with E-state index >= 15 is 0 Å². The van der Waals surface area contributed by atoms with E-state index in [-0.39, 0.29) is 5.91 Å². The first-order valence-electron chi connectivity index (χ1n) is 8.25. The second kappa shape index (κ2) is 8.26. The van der Waals surface area contributed by atoms with Gasteiger partial charge in [0.25, 0.3) is 0 Å². The second-order valence-corrected chi connectivity index (χ2v) is 5.71. The van der Waals surface area contributed by atoms with E-state index in [4.69, 9.17) is 0 Å². The molecule has 0 unspecified atom stereocenters. The van der Waals surface area contributed by atoms with Crippen LogP contribution in [0.4, 0.5) is 0 Å². The van der Waals surface area contributed by atoms with Gasteiger partial charge in [-0.15, -0.1) is 0 Å². The molecule has 2 aromatic heterocycles. The Balaban J connectivity index is 1.34. The van der Waals surface area contributed by atoms with Gasteiger partial charge < -0.3 is 15.6 Å². The zero-order valence-electron chi connectivity index (χ0n) is 13.6. The molecule has 5 heteroatoms. The van der Waals surface area contributed by atoms with Gasteiger partial charge >= 0.3 is 0 Å². The number of carbonyl (C=O) groups is 1. The van der Waals surface area contributed by atoms with Crippen LogP contribution in [-0.4, -0.2) is 29.0 Å². The number of benzene rings is 1. The number of amides is 1. The Morgan fingerprint density at radius 1 is 1.08 bits per heavy atom. The highest BCUT2D eigenvalue weighted by molar-refractivity contribution is 5.83. The van der Waals surface area contributed by atoms with E-state index < -0.39 is 0 Å². The summed E-state index contributed by atoms with van der Waals surface area (Å²) in [6, 6.07) is 14.0. The molecule has 1 amide bonds. The molecule has 0 saturated heterocycles. The molecule has 5 nitrogen and oxygen atoms in total. The summed E-state index contributed by atoms with van der Waals surface area (Å²) in [5.41, 5.74) is 3.36. The van der Waals surface area contributed by atoms with E-state index in [0.29, 0.717) is 26.1 Å². The molecule has 3 N–H and O–H groups in total. The lowest BCUT2D eigenvalue weighted by molar-refractivity contribution is -0.120. The number of carbonyl (C=O) groups excluding carboxylic acids is 1. The number of fused-ring (bicyclic) bond motifs is 1. The molecule has 24 heavy (non-hydrogen) atoms. The minimum atomic E-state index is 0.0726. The summed E-state index contributed by atoms with van der Waals surface area (Å²) >= 11 is 0. The number of hydrogen-bond acceptors (Lipinski definition) is 3. The zero-order chi connectivity index (χ0) is 16.6. The summed E-state index contributed by atoms with van der Waals surface area (Å²) in [7, 11) is 0. The molecular formula is C19H22N4O. The average Bonchev–Trinajstić information content (AvgIpc) is 3.03. The molecule has 124 valence electrons. The number of H-pyrrole nitrogens is 1. The Morgan fingerprint density at radius 3 is 2.83 bits per heavy atom. The Kier molecular flexibility index (Phi) is 5.58. The molecule has 0 fully saturated rings. The smallest absolute Gasteiger partial charge is 0.221 e. The summed E-state index contributed by atoms with van der Waals surface area (Å²) in [4.78, 5) is 19.4. The van der Waals surface area contributed by atoms with Crippen molar-refractivity contribution in [2.75, 3.05) is 13.1 Å². The number of nitrogens with zero attached hydrogens (tertiary/aromatic N) is 1. The first-order chi connectivity index (χ1) is 11.8. The van der Waals surface area contributed by atoms with Crippen molar-refractivity contribution in [3.8, 4) is 0 Å². The van der Waals surface area contributed by atoms with Gasteiger partial charge in [0.15, 0.2) is 0 Å². The van der Waals surface area contributed by atoms with E-state index in [0.717, 1.165) is 17.6 Å². The molecule has 2 heterocycles. The van der Waals surface area contributed by atoms with Crippen LogP contribution in [0.2, 0.25) is 0 Å². The van der Waals surface area contributed by atoms with Crippen LogP contribution < -0.4 is 10.6 Å². The fourth-order valence-electron chi connectivity index (χ4n) is 2.68. The maximum Gasteiger partial charge on any atom is 0.221 e. The minimum Gasteiger partial charge on any atom is -0.361 e. The highest BCUT2D eigenvalue weighted by Gasteiger charge is 2.04. The fraction of sp³-hybridized carbons (Fsp3) is 0.263. The summed E-state index contributed by atoms with van der Waals surface area (Å²) in [6.07, 6.45) is 5.09. The monoisotopic (exact) mass is 322 g/mol. The largest absolute Gasteiger partial charge is 0.361 e. The van der Waals surface area contributed by atoms with Crippen LogP contribution in [-0.2, 0) is 17.8 Å². The van der Waals surface area contributed by atoms with Gasteiger partial charge in [-0.2, -0.15) is 0 Å². The third-order valence-corrected chi connectivity index (χ3v) is 3.95. The van der Waals surface area contributed by atoms with Crippen LogP contribution in [0.3, 0.4) is 0 Å². The van der Waals surface area contributed by atoms with Crippen LogP contribution in [0.1, 0.15) is 17.7 Å². The maximum absolute atomic E-state index is 11.9. The van der Waals surface area contributed by atoms with E-state index in [1.807, 2.05) is 36.5 Å². The normalized spacial score (nSPS) is 10.8. The molecule has 0 bridgehead atoms. The summed E-state index contributed by atoms with van der Waals surface area (Å²) < 4.78 is 0. The Labute approximate surface area is 141 Å². The van der Waals surface area contributed by atoms with E-state index in [1.165, 1.54) is 10.9 Å². The van der Waals surface area contributed by atoms with Crippen molar-refractivity contribution in [1.82, 2.24) is 20.6 Å². The lowest BCUT2D eigenvalue weighted by Crippen LogP contribution is -2.29. The topological polar surface area (TPSA) is 69.8 Å². The first kappa shape index (κ1) is 16.2. The van der Waals surface area contributed by atoms with Crippen molar-refractivity contribution >= 4 is 16.8 Å². The Morgan fingerprint density at radius 2 is 1.96 bits per heavy atom.